The van der Waals surface area contributed by atoms with E-state index in [0.29, 0.717) is 0 Å². The van der Waals surface area contributed by atoms with Crippen LogP contribution in [0.25, 0.3) is 0 Å². The van der Waals surface area contributed by atoms with Crippen LogP contribution in [0.4, 0.5) is 0 Å². The van der Waals surface area contributed by atoms with Crippen LogP contribution >= 0.6 is 0 Å². The molecule has 0 saturated carbocycles. The largest absolute Gasteiger partial charge is 0.381 e. The van der Waals surface area contributed by atoms with E-state index < -0.39 is 0 Å². The first-order valence-corrected chi connectivity index (χ1v) is 6.93. The van der Waals surface area contributed by atoms with E-state index in [-0.39, 0.29) is 5.41 Å². The van der Waals surface area contributed by atoms with Gasteiger partial charge in [0.05, 0.1) is 12.3 Å². The van der Waals surface area contributed by atoms with Gasteiger partial charge in [0, 0.05) is 31.3 Å². The van der Waals surface area contributed by atoms with Crippen molar-refractivity contribution in [2.75, 3.05) is 26.3 Å². The van der Waals surface area contributed by atoms with Crippen molar-refractivity contribution in [1.29, 1.82) is 0 Å². The van der Waals surface area contributed by atoms with Crippen molar-refractivity contribution < 1.29 is 4.74 Å². The van der Waals surface area contributed by atoms with E-state index in [9.17, 15) is 0 Å². The molecule has 1 aliphatic rings. The second kappa shape index (κ2) is 5.85. The molecule has 1 aromatic rings. The maximum absolute atomic E-state index is 5.73. The van der Waals surface area contributed by atoms with Crippen molar-refractivity contribution in [3.8, 4) is 0 Å². The molecular formula is C14H25N3O. The fraction of sp³-hybridized carbons (Fsp3) is 0.786. The number of rotatable bonds is 5. The highest BCUT2D eigenvalue weighted by molar-refractivity contribution is 5.11. The first-order valence-electron chi connectivity index (χ1n) is 6.93. The summed E-state index contributed by atoms with van der Waals surface area (Å²) in [6, 6.07) is 2.20. The van der Waals surface area contributed by atoms with Gasteiger partial charge in [-0.25, -0.2) is 0 Å². The van der Waals surface area contributed by atoms with Crippen LogP contribution in [0.5, 0.6) is 0 Å². The molecule has 2 rings (SSSR count). The highest BCUT2D eigenvalue weighted by Gasteiger charge is 2.33. The van der Waals surface area contributed by atoms with Crippen molar-refractivity contribution in [2.24, 2.45) is 12.5 Å². The Hall–Kier alpha value is -0.870. The minimum Gasteiger partial charge on any atom is -0.381 e. The van der Waals surface area contributed by atoms with Gasteiger partial charge in [-0.15, -0.1) is 0 Å². The van der Waals surface area contributed by atoms with Crippen LogP contribution in [0.2, 0.25) is 0 Å². The number of aryl methyl sites for hydroxylation is 2. The molecule has 102 valence electrons. The number of hydrogen-bond donors (Lipinski definition) is 1. The van der Waals surface area contributed by atoms with Crippen molar-refractivity contribution in [3.05, 3.63) is 17.5 Å². The molecule has 0 bridgehead atoms. The summed E-state index contributed by atoms with van der Waals surface area (Å²) in [4.78, 5) is 0. The Bertz CT molecular complexity index is 380. The van der Waals surface area contributed by atoms with E-state index >= 15 is 0 Å². The number of hydrogen-bond acceptors (Lipinski definition) is 3. The lowest BCUT2D eigenvalue weighted by atomic mass is 9.78. The summed E-state index contributed by atoms with van der Waals surface area (Å²) in [5.41, 5.74) is 2.66. The highest BCUT2D eigenvalue weighted by atomic mass is 16.5. The van der Waals surface area contributed by atoms with E-state index in [1.54, 1.807) is 0 Å². The van der Waals surface area contributed by atoms with Gasteiger partial charge in [0.2, 0.25) is 0 Å². The zero-order valence-corrected chi connectivity index (χ0v) is 11.8. The zero-order chi connectivity index (χ0) is 13.0. The predicted molar refractivity (Wildman–Crippen MR) is 72.7 cm³/mol. The van der Waals surface area contributed by atoms with Crippen LogP contribution in [0, 0.1) is 12.3 Å². The number of nitrogens with zero attached hydrogens (tertiary/aromatic N) is 2. The average molecular weight is 251 g/mol. The molecule has 1 N–H and O–H groups in total. The smallest absolute Gasteiger partial charge is 0.0596 e. The molecule has 1 atom stereocenters. The van der Waals surface area contributed by atoms with Gasteiger partial charge in [-0.1, -0.05) is 6.92 Å². The van der Waals surface area contributed by atoms with Crippen LogP contribution in [0.15, 0.2) is 6.07 Å². The Morgan fingerprint density at radius 2 is 2.39 bits per heavy atom. The van der Waals surface area contributed by atoms with Gasteiger partial charge < -0.3 is 10.1 Å². The lowest BCUT2D eigenvalue weighted by Gasteiger charge is -2.37. The standard InChI is InChI=1S/C14H25N3O/c1-4-15-10-14(6-5-7-18-11-14)9-13-8-12(2)16-17(13)3/h8,15H,4-7,9-11H2,1-3H3. The predicted octanol–water partition coefficient (Wildman–Crippen LogP) is 1.68. The molecule has 1 aliphatic heterocycles. The van der Waals surface area contributed by atoms with Crippen molar-refractivity contribution in [3.63, 3.8) is 0 Å². The fourth-order valence-corrected chi connectivity index (χ4v) is 2.86. The van der Waals surface area contributed by atoms with E-state index in [1.807, 2.05) is 11.7 Å². The van der Waals surface area contributed by atoms with Gasteiger partial charge in [0.1, 0.15) is 0 Å². The number of aromatic nitrogens is 2. The van der Waals surface area contributed by atoms with Crippen LogP contribution < -0.4 is 5.32 Å². The first kappa shape index (κ1) is 13.6. The summed E-state index contributed by atoms with van der Waals surface area (Å²) in [7, 11) is 2.03. The molecule has 18 heavy (non-hydrogen) atoms. The molecule has 1 fully saturated rings. The maximum Gasteiger partial charge on any atom is 0.0596 e. The summed E-state index contributed by atoms with van der Waals surface area (Å²) in [6.07, 6.45) is 3.46. The number of ether oxygens (including phenoxy) is 1. The van der Waals surface area contributed by atoms with Crippen LogP contribution in [0.3, 0.4) is 0 Å². The maximum atomic E-state index is 5.73. The normalized spacial score (nSPS) is 24.4. The van der Waals surface area contributed by atoms with Crippen LogP contribution in [-0.2, 0) is 18.2 Å². The Balaban J connectivity index is 2.11. The molecule has 0 aromatic carbocycles. The number of nitrogens with one attached hydrogen (secondary N) is 1. The Morgan fingerprint density at radius 3 is 2.94 bits per heavy atom. The van der Waals surface area contributed by atoms with E-state index in [4.69, 9.17) is 4.74 Å². The summed E-state index contributed by atoms with van der Waals surface area (Å²) < 4.78 is 7.74. The van der Waals surface area contributed by atoms with Gasteiger partial charge in [-0.3, -0.25) is 4.68 Å². The molecule has 1 saturated heterocycles. The molecular weight excluding hydrogens is 226 g/mol. The highest BCUT2D eigenvalue weighted by Crippen LogP contribution is 2.32. The summed E-state index contributed by atoms with van der Waals surface area (Å²) in [5.74, 6) is 0. The van der Waals surface area contributed by atoms with Gasteiger partial charge in [-0.05, 0) is 38.8 Å². The average Bonchev–Trinajstić information content (AvgIpc) is 2.66. The topological polar surface area (TPSA) is 39.1 Å². The van der Waals surface area contributed by atoms with E-state index in [2.05, 4.69) is 30.3 Å². The second-order valence-corrected chi connectivity index (χ2v) is 5.51. The van der Waals surface area contributed by atoms with Crippen molar-refractivity contribution >= 4 is 0 Å². The summed E-state index contributed by atoms with van der Waals surface area (Å²) >= 11 is 0. The van der Waals surface area contributed by atoms with E-state index in [0.717, 1.165) is 38.4 Å². The molecule has 1 aromatic heterocycles. The van der Waals surface area contributed by atoms with Gasteiger partial charge in [0.15, 0.2) is 0 Å². The Morgan fingerprint density at radius 1 is 1.56 bits per heavy atom. The molecule has 0 spiro atoms. The molecule has 0 amide bonds. The minimum atomic E-state index is 0.245. The van der Waals surface area contributed by atoms with E-state index in [1.165, 1.54) is 18.5 Å². The lowest BCUT2D eigenvalue weighted by Crippen LogP contribution is -2.43. The van der Waals surface area contributed by atoms with Gasteiger partial charge >= 0.3 is 0 Å². The van der Waals surface area contributed by atoms with Crippen molar-refractivity contribution in [1.82, 2.24) is 15.1 Å². The third-order valence-electron chi connectivity index (χ3n) is 3.81. The van der Waals surface area contributed by atoms with Gasteiger partial charge in [-0.2, -0.15) is 5.10 Å². The molecule has 4 nitrogen and oxygen atoms in total. The van der Waals surface area contributed by atoms with Gasteiger partial charge in [0.25, 0.3) is 0 Å². The fourth-order valence-electron chi connectivity index (χ4n) is 2.86. The summed E-state index contributed by atoms with van der Waals surface area (Å²) in [5, 5.41) is 7.94. The third kappa shape index (κ3) is 3.12. The molecule has 4 heteroatoms. The quantitative estimate of drug-likeness (QED) is 0.865. The first-order chi connectivity index (χ1) is 8.65. The SMILES string of the molecule is CCNCC1(Cc2cc(C)nn2C)CCCOC1. The Labute approximate surface area is 110 Å². The zero-order valence-electron chi connectivity index (χ0n) is 11.8. The summed E-state index contributed by atoms with van der Waals surface area (Å²) in [6.45, 7) is 8.05. The lowest BCUT2D eigenvalue weighted by molar-refractivity contribution is -0.00780. The second-order valence-electron chi connectivity index (χ2n) is 5.51. The Kier molecular flexibility index (Phi) is 4.40. The molecule has 0 aliphatic carbocycles. The van der Waals surface area contributed by atoms with Crippen LogP contribution in [-0.4, -0.2) is 36.1 Å². The molecule has 1 unspecified atom stereocenters. The monoisotopic (exact) mass is 251 g/mol. The molecule has 2 heterocycles. The van der Waals surface area contributed by atoms with Crippen LogP contribution in [0.1, 0.15) is 31.2 Å². The molecule has 0 radical (unpaired) electrons. The third-order valence-corrected chi connectivity index (χ3v) is 3.81. The minimum absolute atomic E-state index is 0.245. The van der Waals surface area contributed by atoms with Crippen molar-refractivity contribution in [2.45, 2.75) is 33.1 Å².